The number of halogens is 1. The van der Waals surface area contributed by atoms with Gasteiger partial charge in [-0.05, 0) is 23.6 Å². The largest absolute Gasteiger partial charge is 0.478 e. The second-order valence-electron chi connectivity index (χ2n) is 4.69. The summed E-state index contributed by atoms with van der Waals surface area (Å²) >= 11 is 3.43. The Hall–Kier alpha value is -1.62. The average molecular weight is 323 g/mol. The molecule has 100 valence electrons. The number of aromatic carboxylic acids is 1. The first-order valence-corrected chi connectivity index (χ1v) is 6.81. The molecule has 0 atom stereocenters. The number of hydrogen-bond acceptors (Lipinski definition) is 2. The molecule has 2 rings (SSSR count). The molecule has 0 saturated heterocycles. The third kappa shape index (κ3) is 3.04. The maximum Gasteiger partial charge on any atom is 0.339 e. The van der Waals surface area contributed by atoms with Gasteiger partial charge in [-0.1, -0.05) is 41.9 Å². The summed E-state index contributed by atoms with van der Waals surface area (Å²) in [4.78, 5) is 11.2. The predicted octanol–water partition coefficient (Wildman–Crippen LogP) is 3.52. The Morgan fingerprint density at radius 1 is 1.47 bits per heavy atom. The number of carbonyl (C=O) groups is 1. The van der Waals surface area contributed by atoms with Crippen LogP contribution in [0.5, 0.6) is 0 Å². The number of carboxylic acid groups (broad SMARTS) is 1. The molecule has 0 radical (unpaired) electrons. The molecule has 0 fully saturated rings. The zero-order valence-corrected chi connectivity index (χ0v) is 12.4. The first-order valence-electron chi connectivity index (χ1n) is 6.02. The van der Waals surface area contributed by atoms with Crippen LogP contribution in [-0.4, -0.2) is 20.9 Å². The molecule has 0 amide bonds. The zero-order valence-electron chi connectivity index (χ0n) is 10.8. The molecule has 0 unspecified atom stereocenters. The van der Waals surface area contributed by atoms with Crippen LogP contribution in [-0.2, 0) is 6.54 Å². The van der Waals surface area contributed by atoms with Crippen molar-refractivity contribution in [2.75, 3.05) is 0 Å². The van der Waals surface area contributed by atoms with E-state index in [1.165, 1.54) is 6.20 Å². The highest BCUT2D eigenvalue weighted by Crippen LogP contribution is 2.21. The van der Waals surface area contributed by atoms with Gasteiger partial charge in [0, 0.05) is 4.47 Å². The Morgan fingerprint density at radius 3 is 2.79 bits per heavy atom. The van der Waals surface area contributed by atoms with Crippen molar-refractivity contribution >= 4 is 21.9 Å². The molecule has 5 heteroatoms. The van der Waals surface area contributed by atoms with Crippen LogP contribution < -0.4 is 0 Å². The fraction of sp³-hybridized carbons (Fsp3) is 0.286. The summed E-state index contributed by atoms with van der Waals surface area (Å²) < 4.78 is 2.76. The molecule has 2 aromatic rings. The van der Waals surface area contributed by atoms with Gasteiger partial charge in [0.15, 0.2) is 0 Å². The van der Waals surface area contributed by atoms with Gasteiger partial charge in [0.1, 0.15) is 5.56 Å². The van der Waals surface area contributed by atoms with E-state index in [4.69, 9.17) is 0 Å². The number of aromatic nitrogens is 2. The van der Waals surface area contributed by atoms with Crippen LogP contribution in [0, 0.1) is 0 Å². The van der Waals surface area contributed by atoms with E-state index >= 15 is 0 Å². The number of carboxylic acids is 1. The van der Waals surface area contributed by atoms with Crippen LogP contribution >= 0.6 is 15.9 Å². The van der Waals surface area contributed by atoms with Crippen molar-refractivity contribution in [2.45, 2.75) is 26.3 Å². The van der Waals surface area contributed by atoms with Gasteiger partial charge in [-0.15, -0.1) is 0 Å². The van der Waals surface area contributed by atoms with Gasteiger partial charge < -0.3 is 5.11 Å². The molecule has 1 aromatic heterocycles. The Balaban J connectivity index is 2.38. The molecule has 0 aliphatic heterocycles. The number of nitrogens with zero attached hydrogens (tertiary/aromatic N) is 2. The van der Waals surface area contributed by atoms with E-state index in [0.29, 0.717) is 6.54 Å². The Labute approximate surface area is 120 Å². The first-order chi connectivity index (χ1) is 8.99. The smallest absolute Gasteiger partial charge is 0.339 e. The number of hydrogen-bond donors (Lipinski definition) is 1. The monoisotopic (exact) mass is 322 g/mol. The molecule has 1 aromatic carbocycles. The van der Waals surface area contributed by atoms with Gasteiger partial charge in [0.25, 0.3) is 0 Å². The average Bonchev–Trinajstić information content (AvgIpc) is 2.73. The Kier molecular flexibility index (Phi) is 4.04. The van der Waals surface area contributed by atoms with Crippen molar-refractivity contribution in [3.8, 4) is 0 Å². The van der Waals surface area contributed by atoms with Crippen LogP contribution in [0.2, 0.25) is 0 Å². The van der Waals surface area contributed by atoms with Gasteiger partial charge in [-0.2, -0.15) is 5.10 Å². The van der Waals surface area contributed by atoms with Crippen LogP contribution in [0.3, 0.4) is 0 Å². The van der Waals surface area contributed by atoms with E-state index in [1.54, 1.807) is 4.68 Å². The summed E-state index contributed by atoms with van der Waals surface area (Å²) in [5, 5.41) is 13.4. The van der Waals surface area contributed by atoms with Gasteiger partial charge in [0.2, 0.25) is 0 Å². The van der Waals surface area contributed by atoms with E-state index in [9.17, 15) is 9.90 Å². The molecule has 0 spiro atoms. The zero-order chi connectivity index (χ0) is 14.0. The fourth-order valence-electron chi connectivity index (χ4n) is 2.10. The van der Waals surface area contributed by atoms with E-state index in [-0.39, 0.29) is 11.5 Å². The summed E-state index contributed by atoms with van der Waals surface area (Å²) in [5.41, 5.74) is 2.12. The molecule has 0 saturated carbocycles. The topological polar surface area (TPSA) is 55.1 Å². The van der Waals surface area contributed by atoms with Crippen molar-refractivity contribution in [1.82, 2.24) is 9.78 Å². The highest BCUT2D eigenvalue weighted by Gasteiger charge is 2.19. The number of benzene rings is 1. The third-order valence-corrected chi connectivity index (χ3v) is 3.37. The second-order valence-corrected chi connectivity index (χ2v) is 5.61. The molecule has 4 nitrogen and oxygen atoms in total. The summed E-state index contributed by atoms with van der Waals surface area (Å²) in [5.74, 6) is -0.815. The Bertz CT molecular complexity index is 605. The van der Waals surface area contributed by atoms with Gasteiger partial charge in [-0.25, -0.2) is 4.79 Å². The molecule has 0 aliphatic rings. The minimum Gasteiger partial charge on any atom is -0.478 e. The number of rotatable bonds is 4. The van der Waals surface area contributed by atoms with Crippen molar-refractivity contribution in [2.24, 2.45) is 0 Å². The van der Waals surface area contributed by atoms with Crippen molar-refractivity contribution in [3.05, 3.63) is 51.8 Å². The van der Waals surface area contributed by atoms with Crippen molar-refractivity contribution in [3.63, 3.8) is 0 Å². The van der Waals surface area contributed by atoms with Crippen LogP contribution in [0.15, 0.2) is 34.9 Å². The van der Waals surface area contributed by atoms with E-state index in [2.05, 4.69) is 21.0 Å². The maximum absolute atomic E-state index is 11.2. The van der Waals surface area contributed by atoms with Gasteiger partial charge >= 0.3 is 5.97 Å². The fourth-order valence-corrected chi connectivity index (χ4v) is 2.55. The molecule has 0 bridgehead atoms. The predicted molar refractivity (Wildman–Crippen MR) is 76.5 cm³/mol. The molecule has 19 heavy (non-hydrogen) atoms. The second kappa shape index (κ2) is 5.57. The highest BCUT2D eigenvalue weighted by molar-refractivity contribution is 9.10. The lowest BCUT2D eigenvalue weighted by Crippen LogP contribution is -2.10. The summed E-state index contributed by atoms with van der Waals surface area (Å²) in [6.45, 7) is 4.52. The van der Waals surface area contributed by atoms with Crippen LogP contribution in [0.25, 0.3) is 0 Å². The normalized spacial score (nSPS) is 10.9. The minimum absolute atomic E-state index is 0.112. The lowest BCUT2D eigenvalue weighted by atomic mass is 10.1. The maximum atomic E-state index is 11.2. The van der Waals surface area contributed by atoms with Gasteiger partial charge in [0.05, 0.1) is 18.4 Å². The lowest BCUT2D eigenvalue weighted by Gasteiger charge is -2.11. The molecular formula is C14H15BrN2O2. The lowest BCUT2D eigenvalue weighted by molar-refractivity contribution is 0.0695. The van der Waals surface area contributed by atoms with Crippen LogP contribution in [0.1, 0.15) is 41.4 Å². The van der Waals surface area contributed by atoms with Crippen molar-refractivity contribution in [1.29, 1.82) is 0 Å². The molecule has 1 heterocycles. The summed E-state index contributed by atoms with van der Waals surface area (Å²) in [7, 11) is 0. The molecule has 1 N–H and O–H groups in total. The van der Waals surface area contributed by atoms with Crippen molar-refractivity contribution < 1.29 is 9.90 Å². The molecule has 0 aliphatic carbocycles. The van der Waals surface area contributed by atoms with E-state index < -0.39 is 5.97 Å². The highest BCUT2D eigenvalue weighted by atomic mass is 79.9. The van der Waals surface area contributed by atoms with Gasteiger partial charge in [-0.3, -0.25) is 4.68 Å². The minimum atomic E-state index is -0.927. The van der Waals surface area contributed by atoms with Crippen LogP contribution in [0.4, 0.5) is 0 Å². The summed E-state index contributed by atoms with van der Waals surface area (Å²) in [6.07, 6.45) is 1.43. The molecular weight excluding hydrogens is 308 g/mol. The Morgan fingerprint density at radius 2 is 2.21 bits per heavy atom. The van der Waals surface area contributed by atoms with E-state index in [1.807, 2.05) is 38.1 Å². The standard InChI is InChI=1S/C14H15BrN2O2/c1-9(2)13-12(14(18)19)7-16-17(13)8-10-4-3-5-11(15)6-10/h3-7,9H,8H2,1-2H3,(H,18,19). The first kappa shape index (κ1) is 13.8. The quantitative estimate of drug-likeness (QED) is 0.937. The summed E-state index contributed by atoms with van der Waals surface area (Å²) in [6, 6.07) is 7.91. The SMILES string of the molecule is CC(C)c1c(C(=O)O)cnn1Cc1cccc(Br)c1. The van der Waals surface area contributed by atoms with E-state index in [0.717, 1.165) is 15.7 Å². The third-order valence-electron chi connectivity index (χ3n) is 2.88.